The van der Waals surface area contributed by atoms with E-state index in [1.165, 1.54) is 0 Å². The molecule has 0 atom stereocenters. The molecule has 0 aromatic carbocycles. The lowest BCUT2D eigenvalue weighted by Gasteiger charge is -1.98. The average Bonchev–Trinajstić information content (AvgIpc) is 2.47. The van der Waals surface area contributed by atoms with Crippen molar-refractivity contribution in [2.45, 2.75) is 19.3 Å². The molecule has 10 heteroatoms. The van der Waals surface area contributed by atoms with Gasteiger partial charge in [0.25, 0.3) is 11.8 Å². The number of carbonyl (C=O) groups excluding carboxylic acids is 2. The first-order valence-corrected chi connectivity index (χ1v) is 6.24. The Bertz CT molecular complexity index is 345. The van der Waals surface area contributed by atoms with Crippen LogP contribution in [0, 0.1) is 0 Å². The number of amides is 2. The van der Waals surface area contributed by atoms with Crippen molar-refractivity contribution in [3.8, 4) is 0 Å². The van der Waals surface area contributed by atoms with E-state index >= 15 is 0 Å². The Morgan fingerprint density at radius 2 is 1.65 bits per heavy atom. The molecule has 1 saturated heterocycles. The van der Waals surface area contributed by atoms with E-state index in [0.717, 1.165) is 0 Å². The molecule has 0 radical (unpaired) electrons. The number of rotatable bonds is 3. The molecule has 2 amide bonds. The fourth-order valence-corrected chi connectivity index (χ4v) is 1.29. The lowest BCUT2D eigenvalue weighted by atomic mass is 10.4. The minimum Gasteiger partial charge on any atom is -0.481 e. The van der Waals surface area contributed by atoms with Crippen LogP contribution in [-0.2, 0) is 18.9 Å². The van der Waals surface area contributed by atoms with E-state index in [0.29, 0.717) is 0 Å². The number of hydroxylamine groups is 2. The number of carbonyl (C=O) groups is 3. The van der Waals surface area contributed by atoms with Crippen molar-refractivity contribution in [3.63, 3.8) is 0 Å². The van der Waals surface area contributed by atoms with E-state index < -0.39 is 38.0 Å². The van der Waals surface area contributed by atoms with Gasteiger partial charge in [-0.2, -0.15) is 5.06 Å². The van der Waals surface area contributed by atoms with Crippen LogP contribution in [0.5, 0.6) is 0 Å². The van der Waals surface area contributed by atoms with Crippen LogP contribution in [0.3, 0.4) is 0 Å². The number of nitrogens with zero attached hydrogens (tertiary/aromatic N) is 1. The van der Waals surface area contributed by atoms with Crippen molar-refractivity contribution < 1.29 is 39.0 Å². The highest BCUT2D eigenvalue weighted by molar-refractivity contribution is 7.51. The highest BCUT2D eigenvalue weighted by Gasteiger charge is 2.26. The summed E-state index contributed by atoms with van der Waals surface area (Å²) in [7, 11) is -4.10. The second kappa shape index (κ2) is 6.45. The first-order valence-electron chi connectivity index (χ1n) is 4.44. The minimum absolute atomic E-state index is 0.148. The predicted octanol–water partition coefficient (Wildman–Crippen LogP) is -0.837. The molecule has 17 heavy (non-hydrogen) atoms. The van der Waals surface area contributed by atoms with E-state index in [-0.39, 0.29) is 17.9 Å². The number of hydrogen-bond donors (Lipinski definition) is 4. The van der Waals surface area contributed by atoms with Crippen LogP contribution in [0.1, 0.15) is 19.3 Å². The highest BCUT2D eigenvalue weighted by atomic mass is 31.2. The van der Waals surface area contributed by atoms with E-state index in [1.54, 1.807) is 0 Å². The summed E-state index contributed by atoms with van der Waals surface area (Å²) < 4.78 is 9.97. The Hall–Kier alpha value is -1.28. The normalized spacial score (nSPS) is 15.6. The van der Waals surface area contributed by atoms with Gasteiger partial charge in [0.05, 0.1) is 12.6 Å². The zero-order valence-electron chi connectivity index (χ0n) is 8.64. The maximum Gasteiger partial charge on any atom is 0.326 e. The molecule has 1 rings (SSSR count). The van der Waals surface area contributed by atoms with Gasteiger partial charge in [-0.15, -0.1) is 0 Å². The first kappa shape index (κ1) is 15.7. The van der Waals surface area contributed by atoms with Crippen LogP contribution >= 0.6 is 7.60 Å². The summed E-state index contributed by atoms with van der Waals surface area (Å²) in [6, 6.07) is 0. The summed E-state index contributed by atoms with van der Waals surface area (Å²) >= 11 is 0. The third-order valence-corrected chi connectivity index (χ3v) is 2.45. The molecular weight excluding hydrogens is 257 g/mol. The van der Waals surface area contributed by atoms with Gasteiger partial charge in [0.15, 0.2) is 0 Å². The topological polar surface area (TPSA) is 152 Å². The Morgan fingerprint density at radius 1 is 1.24 bits per heavy atom. The van der Waals surface area contributed by atoms with Gasteiger partial charge < -0.3 is 14.9 Å². The predicted molar refractivity (Wildman–Crippen MR) is 52.0 cm³/mol. The maximum atomic E-state index is 10.2. The number of aliphatic carboxylic acids is 1. The fourth-order valence-electron chi connectivity index (χ4n) is 0.806. The van der Waals surface area contributed by atoms with E-state index in [2.05, 4.69) is 0 Å². The second-order valence-corrected chi connectivity index (χ2v) is 4.91. The smallest absolute Gasteiger partial charge is 0.326 e. The van der Waals surface area contributed by atoms with Gasteiger partial charge in [-0.3, -0.25) is 24.2 Å². The van der Waals surface area contributed by atoms with E-state index in [1.807, 2.05) is 0 Å². The van der Waals surface area contributed by atoms with Crippen LogP contribution in [0.25, 0.3) is 0 Å². The Morgan fingerprint density at radius 3 is 1.76 bits per heavy atom. The number of carboxylic acids is 1. The molecule has 0 aliphatic carbocycles. The Labute approximate surface area is 95.8 Å². The van der Waals surface area contributed by atoms with Crippen molar-refractivity contribution >= 4 is 25.4 Å². The summed E-state index contributed by atoms with van der Waals surface area (Å²) in [5, 5.41) is 16.5. The van der Waals surface area contributed by atoms with Crippen LogP contribution in [-0.4, -0.2) is 49.1 Å². The number of imide groups is 1. The van der Waals surface area contributed by atoms with Crippen LogP contribution in [0.15, 0.2) is 0 Å². The van der Waals surface area contributed by atoms with E-state index in [9.17, 15) is 18.9 Å². The molecule has 1 aliphatic heterocycles. The standard InChI is InChI=1S/C4H5NO3.C3H7O5P/c6-3-1-2-4(7)5(3)8;4-3(5)1-2-9(6,7)8/h8H,1-2H2;1-2H2,(H,4,5)(H2,6,7,8). The van der Waals surface area contributed by atoms with E-state index in [4.69, 9.17) is 20.1 Å². The number of carboxylic acid groups (broad SMARTS) is 1. The molecule has 0 unspecified atom stereocenters. The van der Waals surface area contributed by atoms with Crippen molar-refractivity contribution in [1.82, 2.24) is 5.06 Å². The highest BCUT2D eigenvalue weighted by Crippen LogP contribution is 2.34. The lowest BCUT2D eigenvalue weighted by molar-refractivity contribution is -0.171. The molecule has 1 heterocycles. The summed E-state index contributed by atoms with van der Waals surface area (Å²) in [6.07, 6.45) is -0.767. The molecule has 4 N–H and O–H groups in total. The SMILES string of the molecule is O=C(O)CCP(=O)(O)O.O=C1CCC(=O)N1O. The maximum absolute atomic E-state index is 10.2. The summed E-state index contributed by atoms with van der Waals surface area (Å²) in [5.74, 6) is -2.21. The lowest BCUT2D eigenvalue weighted by Crippen LogP contribution is -2.24. The zero-order chi connectivity index (χ0) is 13.6. The van der Waals surface area contributed by atoms with Gasteiger partial charge in [0.2, 0.25) is 0 Å². The van der Waals surface area contributed by atoms with Gasteiger partial charge in [-0.05, 0) is 0 Å². The molecule has 0 saturated carbocycles. The largest absolute Gasteiger partial charge is 0.481 e. The van der Waals surface area contributed by atoms with Crippen molar-refractivity contribution in [2.75, 3.05) is 6.16 Å². The van der Waals surface area contributed by atoms with Crippen LogP contribution < -0.4 is 0 Å². The van der Waals surface area contributed by atoms with Gasteiger partial charge in [-0.25, -0.2) is 0 Å². The molecule has 0 spiro atoms. The first-order chi connectivity index (χ1) is 7.63. The van der Waals surface area contributed by atoms with Gasteiger partial charge in [0, 0.05) is 12.8 Å². The zero-order valence-corrected chi connectivity index (χ0v) is 9.54. The Kier molecular flexibility index (Phi) is 5.97. The second-order valence-electron chi connectivity index (χ2n) is 3.13. The third-order valence-electron chi connectivity index (χ3n) is 1.64. The van der Waals surface area contributed by atoms with Gasteiger partial charge >= 0.3 is 13.6 Å². The fraction of sp³-hybridized carbons (Fsp3) is 0.571. The molecule has 98 valence electrons. The summed E-state index contributed by atoms with van der Waals surface area (Å²) in [6.45, 7) is 0. The molecule has 1 aliphatic rings. The number of hydrogen-bond acceptors (Lipinski definition) is 5. The monoisotopic (exact) mass is 269 g/mol. The molecule has 0 aromatic rings. The molecule has 0 aromatic heterocycles. The molecule has 9 nitrogen and oxygen atoms in total. The van der Waals surface area contributed by atoms with Crippen LogP contribution in [0.4, 0.5) is 0 Å². The summed E-state index contributed by atoms with van der Waals surface area (Å²) in [4.78, 5) is 46.4. The average molecular weight is 269 g/mol. The molecular formula is C7H12NO8P. The van der Waals surface area contributed by atoms with Crippen molar-refractivity contribution in [1.29, 1.82) is 0 Å². The summed E-state index contributed by atoms with van der Waals surface area (Å²) in [5.41, 5.74) is 0. The van der Waals surface area contributed by atoms with Gasteiger partial charge in [-0.1, -0.05) is 0 Å². The van der Waals surface area contributed by atoms with Crippen LogP contribution in [0.2, 0.25) is 0 Å². The molecule has 0 bridgehead atoms. The molecule has 1 fully saturated rings. The van der Waals surface area contributed by atoms with Gasteiger partial charge in [0.1, 0.15) is 0 Å². The Balaban J connectivity index is 0.000000302. The van der Waals surface area contributed by atoms with Crippen molar-refractivity contribution in [3.05, 3.63) is 0 Å². The quantitative estimate of drug-likeness (QED) is 0.294. The minimum atomic E-state index is -4.10. The van der Waals surface area contributed by atoms with Crippen molar-refractivity contribution in [2.24, 2.45) is 0 Å². The third kappa shape index (κ3) is 7.58.